The van der Waals surface area contributed by atoms with Crippen molar-refractivity contribution in [2.24, 2.45) is 0 Å². The van der Waals surface area contributed by atoms with Gasteiger partial charge in [-0.2, -0.15) is 11.8 Å². The van der Waals surface area contributed by atoms with Gasteiger partial charge in [0.05, 0.1) is 11.5 Å². The minimum atomic E-state index is -0.364. The minimum Gasteiger partial charge on any atom is -0.487 e. The number of nitrogens with zero attached hydrogens (tertiary/aromatic N) is 1. The zero-order valence-electron chi connectivity index (χ0n) is 12.3. The second-order valence-corrected chi connectivity index (χ2v) is 6.51. The maximum atomic E-state index is 11.2. The number of nitro benzene ring substituents is 1. The standard InChI is InChI=1S/C15H22N2O3S/c1-2-21-9-3-8-20-15-7-4-12(10-14(15)17(18)19)11-16-13-5-6-13/h4,7,10,13,16H,2-3,5-6,8-9,11H2,1H3. The molecule has 0 bridgehead atoms. The second kappa shape index (κ2) is 8.24. The molecular formula is C15H22N2O3S. The monoisotopic (exact) mass is 310 g/mol. The van der Waals surface area contributed by atoms with Crippen LogP contribution in [0.1, 0.15) is 31.7 Å². The van der Waals surface area contributed by atoms with Gasteiger partial charge < -0.3 is 10.1 Å². The van der Waals surface area contributed by atoms with E-state index in [2.05, 4.69) is 12.2 Å². The number of benzene rings is 1. The van der Waals surface area contributed by atoms with Gasteiger partial charge in [-0.05, 0) is 42.4 Å². The summed E-state index contributed by atoms with van der Waals surface area (Å²) in [5.74, 6) is 2.48. The minimum absolute atomic E-state index is 0.0632. The third kappa shape index (κ3) is 5.55. The smallest absolute Gasteiger partial charge is 0.311 e. The van der Waals surface area contributed by atoms with Crippen molar-refractivity contribution in [3.63, 3.8) is 0 Å². The average molecular weight is 310 g/mol. The summed E-state index contributed by atoms with van der Waals surface area (Å²) in [4.78, 5) is 10.8. The van der Waals surface area contributed by atoms with E-state index in [4.69, 9.17) is 4.74 Å². The Labute approximate surface area is 129 Å². The molecule has 2 rings (SSSR count). The number of ether oxygens (including phenoxy) is 1. The van der Waals surface area contributed by atoms with Crippen LogP contribution < -0.4 is 10.1 Å². The Hall–Kier alpha value is -1.27. The van der Waals surface area contributed by atoms with Crippen LogP contribution in [0.4, 0.5) is 5.69 Å². The molecule has 0 unspecified atom stereocenters. The Bertz CT molecular complexity index is 478. The van der Waals surface area contributed by atoms with Crippen LogP contribution in [0.15, 0.2) is 18.2 Å². The first-order valence-electron chi connectivity index (χ1n) is 7.42. The lowest BCUT2D eigenvalue weighted by Crippen LogP contribution is -2.15. The van der Waals surface area contributed by atoms with Crippen LogP contribution in [0.2, 0.25) is 0 Å². The molecule has 0 radical (unpaired) electrons. The molecule has 0 amide bonds. The number of nitrogens with one attached hydrogen (secondary N) is 1. The lowest BCUT2D eigenvalue weighted by Gasteiger charge is -2.08. The molecule has 0 heterocycles. The van der Waals surface area contributed by atoms with Gasteiger partial charge >= 0.3 is 5.69 Å². The van der Waals surface area contributed by atoms with Gasteiger partial charge in [-0.25, -0.2) is 0 Å². The summed E-state index contributed by atoms with van der Waals surface area (Å²) >= 11 is 1.85. The van der Waals surface area contributed by atoms with Crippen LogP contribution in [-0.4, -0.2) is 29.1 Å². The summed E-state index contributed by atoms with van der Waals surface area (Å²) < 4.78 is 5.56. The SMILES string of the molecule is CCSCCCOc1ccc(CNC2CC2)cc1[N+](=O)[O-]. The fourth-order valence-electron chi connectivity index (χ4n) is 1.97. The lowest BCUT2D eigenvalue weighted by atomic mass is 10.2. The number of hydrogen-bond donors (Lipinski definition) is 1. The summed E-state index contributed by atoms with van der Waals surface area (Å²) in [7, 11) is 0. The van der Waals surface area contributed by atoms with E-state index in [-0.39, 0.29) is 10.6 Å². The Balaban J connectivity index is 1.90. The zero-order valence-corrected chi connectivity index (χ0v) is 13.2. The maximum absolute atomic E-state index is 11.2. The van der Waals surface area contributed by atoms with Crippen molar-refractivity contribution in [3.05, 3.63) is 33.9 Å². The normalized spacial score (nSPS) is 14.1. The first kappa shape index (κ1) is 16.1. The van der Waals surface area contributed by atoms with Crippen LogP contribution in [0.5, 0.6) is 5.75 Å². The summed E-state index contributed by atoms with van der Waals surface area (Å²) in [5, 5.41) is 14.5. The van der Waals surface area contributed by atoms with Gasteiger partial charge in [-0.15, -0.1) is 0 Å². The molecule has 21 heavy (non-hydrogen) atoms. The second-order valence-electron chi connectivity index (χ2n) is 5.11. The van der Waals surface area contributed by atoms with Crippen LogP contribution in [0.3, 0.4) is 0 Å². The molecule has 6 heteroatoms. The highest BCUT2D eigenvalue weighted by Gasteiger charge is 2.21. The fraction of sp³-hybridized carbons (Fsp3) is 0.600. The molecule has 1 N–H and O–H groups in total. The maximum Gasteiger partial charge on any atom is 0.311 e. The van der Waals surface area contributed by atoms with Crippen LogP contribution >= 0.6 is 11.8 Å². The highest BCUT2D eigenvalue weighted by atomic mass is 32.2. The van der Waals surface area contributed by atoms with E-state index < -0.39 is 0 Å². The average Bonchev–Trinajstić information content (AvgIpc) is 3.29. The number of rotatable bonds is 10. The summed E-state index contributed by atoms with van der Waals surface area (Å²) in [6, 6.07) is 5.83. The van der Waals surface area contributed by atoms with E-state index >= 15 is 0 Å². The van der Waals surface area contributed by atoms with Gasteiger partial charge in [-0.1, -0.05) is 13.0 Å². The van der Waals surface area contributed by atoms with E-state index in [1.54, 1.807) is 12.1 Å². The molecule has 1 aliphatic carbocycles. The number of thioether (sulfide) groups is 1. The molecule has 0 aliphatic heterocycles. The predicted molar refractivity (Wildman–Crippen MR) is 86.1 cm³/mol. The van der Waals surface area contributed by atoms with Crippen molar-refractivity contribution < 1.29 is 9.66 Å². The van der Waals surface area contributed by atoms with E-state index in [9.17, 15) is 10.1 Å². The van der Waals surface area contributed by atoms with Crippen molar-refractivity contribution in [3.8, 4) is 5.75 Å². The van der Waals surface area contributed by atoms with Gasteiger partial charge in [0.2, 0.25) is 0 Å². The first-order valence-corrected chi connectivity index (χ1v) is 8.57. The molecule has 1 fully saturated rings. The third-order valence-electron chi connectivity index (χ3n) is 3.29. The molecule has 1 aliphatic rings. The Morgan fingerprint density at radius 1 is 1.48 bits per heavy atom. The molecule has 116 valence electrons. The largest absolute Gasteiger partial charge is 0.487 e. The van der Waals surface area contributed by atoms with E-state index in [1.165, 1.54) is 12.8 Å². The highest BCUT2D eigenvalue weighted by molar-refractivity contribution is 7.99. The van der Waals surface area contributed by atoms with Crippen LogP contribution in [0.25, 0.3) is 0 Å². The van der Waals surface area contributed by atoms with Crippen LogP contribution in [0, 0.1) is 10.1 Å². The fourth-order valence-corrected chi connectivity index (χ4v) is 2.59. The third-order valence-corrected chi connectivity index (χ3v) is 4.27. The van der Waals surface area contributed by atoms with Gasteiger partial charge in [0.15, 0.2) is 5.75 Å². The molecule has 0 saturated heterocycles. The Morgan fingerprint density at radius 3 is 2.95 bits per heavy atom. The molecule has 0 aromatic heterocycles. The van der Waals surface area contributed by atoms with Crippen molar-refractivity contribution in [1.82, 2.24) is 5.32 Å². The quantitative estimate of drug-likeness (QED) is 0.408. The summed E-state index contributed by atoms with van der Waals surface area (Å²) in [6.07, 6.45) is 3.32. The van der Waals surface area contributed by atoms with Crippen LogP contribution in [-0.2, 0) is 6.54 Å². The van der Waals surface area contributed by atoms with Crippen molar-refractivity contribution >= 4 is 17.4 Å². The molecular weight excluding hydrogens is 288 g/mol. The van der Waals surface area contributed by atoms with Crippen molar-refractivity contribution in [2.45, 2.75) is 38.8 Å². The Morgan fingerprint density at radius 2 is 2.29 bits per heavy atom. The molecule has 0 atom stereocenters. The molecule has 0 spiro atoms. The molecule has 1 aromatic rings. The van der Waals surface area contributed by atoms with Gasteiger partial charge in [0.1, 0.15) is 0 Å². The highest BCUT2D eigenvalue weighted by Crippen LogP contribution is 2.28. The number of nitro groups is 1. The molecule has 5 nitrogen and oxygen atoms in total. The molecule has 1 saturated carbocycles. The first-order chi connectivity index (χ1) is 10.2. The molecule has 1 aromatic carbocycles. The van der Waals surface area contributed by atoms with Crippen molar-refractivity contribution in [1.29, 1.82) is 0 Å². The van der Waals surface area contributed by atoms with E-state index in [0.717, 1.165) is 23.5 Å². The van der Waals surface area contributed by atoms with E-state index in [0.29, 0.717) is 24.9 Å². The topological polar surface area (TPSA) is 64.4 Å². The van der Waals surface area contributed by atoms with E-state index in [1.807, 2.05) is 17.8 Å². The Kier molecular flexibility index (Phi) is 6.32. The summed E-state index contributed by atoms with van der Waals surface area (Å²) in [5.41, 5.74) is 0.996. The lowest BCUT2D eigenvalue weighted by molar-refractivity contribution is -0.385. The summed E-state index contributed by atoms with van der Waals surface area (Å²) in [6.45, 7) is 3.32. The van der Waals surface area contributed by atoms with Gasteiger partial charge in [-0.3, -0.25) is 10.1 Å². The zero-order chi connectivity index (χ0) is 15.1. The van der Waals surface area contributed by atoms with Crippen molar-refractivity contribution in [2.75, 3.05) is 18.1 Å². The van der Waals surface area contributed by atoms with Gasteiger partial charge in [0, 0.05) is 18.7 Å². The number of hydrogen-bond acceptors (Lipinski definition) is 5. The van der Waals surface area contributed by atoms with Gasteiger partial charge in [0.25, 0.3) is 0 Å². The predicted octanol–water partition coefficient (Wildman–Crippen LogP) is 3.37.